The first-order chi connectivity index (χ1) is 9.33. The number of nitrogens with one attached hydrogen (secondary N) is 2. The smallest absolute Gasteiger partial charge is 0.432 e. The van der Waals surface area contributed by atoms with Crippen LogP contribution in [0.25, 0.3) is 0 Å². The third-order valence-electron chi connectivity index (χ3n) is 2.90. The van der Waals surface area contributed by atoms with Gasteiger partial charge in [-0.3, -0.25) is 0 Å². The van der Waals surface area contributed by atoms with Crippen LogP contribution in [0.1, 0.15) is 45.9 Å². The van der Waals surface area contributed by atoms with Crippen molar-refractivity contribution in [1.29, 1.82) is 0 Å². The highest BCUT2D eigenvalue weighted by Gasteiger charge is 2.43. The van der Waals surface area contributed by atoms with Crippen LogP contribution in [0.15, 0.2) is 12.4 Å². The number of ether oxygens (including phenoxy) is 1. The largest absolute Gasteiger partial charge is 0.444 e. The molecule has 0 atom stereocenters. The maximum absolute atomic E-state index is 11.8. The normalized spacial score (nSPS) is 16.2. The number of nitrogens with zero attached hydrogens (tertiary/aromatic N) is 1. The van der Waals surface area contributed by atoms with Crippen LogP contribution in [0, 0.1) is 0 Å². The molecule has 1 saturated carbocycles. The summed E-state index contributed by atoms with van der Waals surface area (Å²) in [5.41, 5.74) is -0.829. The SMILES string of the molecule is CC(C)(C)OC(=O)NC1(c2ncc[nH]2)CCC1.OBO. The van der Waals surface area contributed by atoms with E-state index in [1.165, 1.54) is 0 Å². The highest BCUT2D eigenvalue weighted by molar-refractivity contribution is 6.13. The molecule has 112 valence electrons. The highest BCUT2D eigenvalue weighted by Crippen LogP contribution is 2.39. The third-order valence-corrected chi connectivity index (χ3v) is 2.90. The standard InChI is InChI=1S/C12H19N3O2.BH3O2/c1-11(2,3)17-10(16)15-12(5-4-6-12)9-13-7-8-14-9;2-1-3/h7-8H,4-6H2,1-3H3,(H,13,14)(H,15,16);1-3H. The number of carbonyl (C=O) groups excluding carboxylic acids is 1. The summed E-state index contributed by atoms with van der Waals surface area (Å²) in [5, 5.41) is 17.2. The van der Waals surface area contributed by atoms with Crippen LogP contribution >= 0.6 is 0 Å². The lowest BCUT2D eigenvalue weighted by atomic mass is 9.76. The van der Waals surface area contributed by atoms with Crippen molar-refractivity contribution in [3.05, 3.63) is 18.2 Å². The minimum absolute atomic E-state index is 0.355. The summed E-state index contributed by atoms with van der Waals surface area (Å²) in [4.78, 5) is 19.1. The van der Waals surface area contributed by atoms with E-state index in [0.717, 1.165) is 25.1 Å². The van der Waals surface area contributed by atoms with E-state index in [1.807, 2.05) is 20.8 Å². The number of H-pyrrole nitrogens is 1. The van der Waals surface area contributed by atoms with Crippen molar-refractivity contribution in [1.82, 2.24) is 15.3 Å². The number of carbonyl (C=O) groups is 1. The summed E-state index contributed by atoms with van der Waals surface area (Å²) in [5.74, 6) is 0.814. The molecular formula is C12H22BN3O4. The van der Waals surface area contributed by atoms with Crippen LogP contribution in [0.2, 0.25) is 0 Å². The molecule has 0 saturated heterocycles. The van der Waals surface area contributed by atoms with Crippen molar-refractivity contribution in [2.45, 2.75) is 51.2 Å². The van der Waals surface area contributed by atoms with E-state index in [9.17, 15) is 4.79 Å². The summed E-state index contributed by atoms with van der Waals surface area (Å²) in [6.45, 7) is 5.56. The number of alkyl carbamates (subject to hydrolysis) is 1. The predicted octanol–water partition coefficient (Wildman–Crippen LogP) is 0.551. The third kappa shape index (κ3) is 4.54. The number of hydrogen-bond donors (Lipinski definition) is 4. The maximum atomic E-state index is 11.8. The zero-order chi connectivity index (χ0) is 15.2. The van der Waals surface area contributed by atoms with Gasteiger partial charge in [-0.15, -0.1) is 0 Å². The van der Waals surface area contributed by atoms with E-state index in [-0.39, 0.29) is 11.6 Å². The Labute approximate surface area is 119 Å². The van der Waals surface area contributed by atoms with Gasteiger partial charge in [-0.25, -0.2) is 9.78 Å². The lowest BCUT2D eigenvalue weighted by Crippen LogP contribution is -2.52. The first-order valence-corrected chi connectivity index (χ1v) is 6.56. The lowest BCUT2D eigenvalue weighted by Gasteiger charge is -2.40. The Morgan fingerprint density at radius 3 is 2.45 bits per heavy atom. The molecule has 0 radical (unpaired) electrons. The van der Waals surface area contributed by atoms with E-state index in [4.69, 9.17) is 14.8 Å². The van der Waals surface area contributed by atoms with E-state index in [1.54, 1.807) is 12.4 Å². The van der Waals surface area contributed by atoms with Gasteiger partial charge in [-0.1, -0.05) is 0 Å². The number of amides is 1. The van der Waals surface area contributed by atoms with Crippen LogP contribution < -0.4 is 5.32 Å². The second-order valence-corrected chi connectivity index (χ2v) is 5.64. The Balaban J connectivity index is 0.000000612. The molecule has 1 heterocycles. The summed E-state index contributed by atoms with van der Waals surface area (Å²) in [6.07, 6.45) is 5.99. The van der Waals surface area contributed by atoms with Crippen molar-refractivity contribution in [2.24, 2.45) is 0 Å². The predicted molar refractivity (Wildman–Crippen MR) is 75.1 cm³/mol. The molecule has 20 heavy (non-hydrogen) atoms. The van der Waals surface area contributed by atoms with Gasteiger partial charge in [0.05, 0.1) is 0 Å². The summed E-state index contributed by atoms with van der Waals surface area (Å²) >= 11 is 0. The molecule has 0 aliphatic heterocycles. The molecule has 0 aromatic carbocycles. The Morgan fingerprint density at radius 2 is 2.10 bits per heavy atom. The fourth-order valence-corrected chi connectivity index (χ4v) is 1.98. The Morgan fingerprint density at radius 1 is 1.50 bits per heavy atom. The number of imidazole rings is 1. The zero-order valence-electron chi connectivity index (χ0n) is 12.1. The molecule has 1 aromatic rings. The van der Waals surface area contributed by atoms with Crippen molar-refractivity contribution in [3.8, 4) is 0 Å². The molecule has 2 rings (SSSR count). The van der Waals surface area contributed by atoms with E-state index >= 15 is 0 Å². The minimum atomic E-state index is -0.750. The summed E-state index contributed by atoms with van der Waals surface area (Å²) in [6, 6.07) is 0. The number of aromatic nitrogens is 2. The number of hydrogen-bond acceptors (Lipinski definition) is 5. The molecule has 0 spiro atoms. The monoisotopic (exact) mass is 283 g/mol. The van der Waals surface area contributed by atoms with E-state index < -0.39 is 13.3 Å². The number of aromatic amines is 1. The molecule has 1 aliphatic rings. The Bertz CT molecular complexity index is 413. The molecule has 7 nitrogen and oxygen atoms in total. The van der Waals surface area contributed by atoms with Gasteiger partial charge in [0.2, 0.25) is 0 Å². The molecule has 1 amide bonds. The maximum Gasteiger partial charge on any atom is 0.432 e. The average Bonchev–Trinajstić information content (AvgIpc) is 2.75. The van der Waals surface area contributed by atoms with Gasteiger partial charge in [0.25, 0.3) is 0 Å². The van der Waals surface area contributed by atoms with Gasteiger partial charge in [-0.05, 0) is 40.0 Å². The highest BCUT2D eigenvalue weighted by atomic mass is 16.6. The quantitative estimate of drug-likeness (QED) is 0.593. The van der Waals surface area contributed by atoms with Crippen LogP contribution in [0.3, 0.4) is 0 Å². The fourth-order valence-electron chi connectivity index (χ4n) is 1.98. The Hall–Kier alpha value is -1.54. The minimum Gasteiger partial charge on any atom is -0.444 e. The molecule has 1 aromatic heterocycles. The molecule has 0 bridgehead atoms. The second kappa shape index (κ2) is 6.76. The van der Waals surface area contributed by atoms with Crippen LogP contribution in [-0.4, -0.2) is 39.4 Å². The van der Waals surface area contributed by atoms with Crippen LogP contribution in [-0.2, 0) is 10.3 Å². The topological polar surface area (TPSA) is 107 Å². The van der Waals surface area contributed by atoms with Crippen molar-refractivity contribution in [2.75, 3.05) is 0 Å². The van der Waals surface area contributed by atoms with Gasteiger partial charge in [0, 0.05) is 12.4 Å². The van der Waals surface area contributed by atoms with Crippen molar-refractivity contribution >= 4 is 13.8 Å². The molecular weight excluding hydrogens is 261 g/mol. The van der Waals surface area contributed by atoms with Crippen LogP contribution in [0.4, 0.5) is 4.79 Å². The molecule has 4 N–H and O–H groups in total. The molecule has 1 fully saturated rings. The first kappa shape index (κ1) is 16.5. The molecule has 1 aliphatic carbocycles. The first-order valence-electron chi connectivity index (χ1n) is 6.56. The van der Waals surface area contributed by atoms with Gasteiger partial charge in [0.15, 0.2) is 0 Å². The lowest BCUT2D eigenvalue weighted by molar-refractivity contribution is 0.0366. The zero-order valence-corrected chi connectivity index (χ0v) is 12.1. The van der Waals surface area contributed by atoms with Crippen molar-refractivity contribution in [3.63, 3.8) is 0 Å². The van der Waals surface area contributed by atoms with Crippen molar-refractivity contribution < 1.29 is 19.6 Å². The van der Waals surface area contributed by atoms with E-state index in [0.29, 0.717) is 0 Å². The average molecular weight is 283 g/mol. The number of rotatable bonds is 2. The Kier molecular flexibility index (Phi) is 5.58. The van der Waals surface area contributed by atoms with Gasteiger partial charge in [0.1, 0.15) is 17.0 Å². The second-order valence-electron chi connectivity index (χ2n) is 5.64. The fraction of sp³-hybridized carbons (Fsp3) is 0.667. The molecule has 8 heteroatoms. The molecule has 0 unspecified atom stereocenters. The van der Waals surface area contributed by atoms with Gasteiger partial charge < -0.3 is 25.1 Å². The summed E-state index contributed by atoms with van der Waals surface area (Å²) < 4.78 is 5.28. The van der Waals surface area contributed by atoms with Crippen LogP contribution in [0.5, 0.6) is 0 Å². The van der Waals surface area contributed by atoms with E-state index in [2.05, 4.69) is 15.3 Å². The summed E-state index contributed by atoms with van der Waals surface area (Å²) in [7, 11) is -0.750. The van der Waals surface area contributed by atoms with Gasteiger partial charge >= 0.3 is 13.8 Å². The van der Waals surface area contributed by atoms with Gasteiger partial charge in [-0.2, -0.15) is 0 Å².